The van der Waals surface area contributed by atoms with E-state index >= 15 is 0 Å². The molecule has 6 heteroatoms. The number of amides is 1. The number of rotatable bonds is 2. The number of anilines is 1. The molecule has 19 heavy (non-hydrogen) atoms. The summed E-state index contributed by atoms with van der Waals surface area (Å²) < 4.78 is 0. The molecule has 2 rings (SSSR count). The number of amidine groups is 1. The van der Waals surface area contributed by atoms with Gasteiger partial charge in [-0.3, -0.25) is 9.69 Å². The highest BCUT2D eigenvalue weighted by Crippen LogP contribution is 2.26. The quantitative estimate of drug-likeness (QED) is 0.850. The average molecular weight is 293 g/mol. The van der Waals surface area contributed by atoms with Crippen LogP contribution in [0.25, 0.3) is 0 Å². The second-order valence-electron chi connectivity index (χ2n) is 4.08. The number of carbonyl (C=O) groups is 1. The molecule has 0 radical (unpaired) electrons. The van der Waals surface area contributed by atoms with Crippen LogP contribution in [0.15, 0.2) is 29.3 Å². The molecule has 1 N–H and O–H groups in total. The van der Waals surface area contributed by atoms with E-state index in [0.717, 1.165) is 17.8 Å². The van der Waals surface area contributed by atoms with Crippen molar-refractivity contribution in [2.24, 2.45) is 4.99 Å². The van der Waals surface area contributed by atoms with Crippen molar-refractivity contribution in [2.75, 3.05) is 17.2 Å². The van der Waals surface area contributed by atoms with E-state index in [-0.39, 0.29) is 5.91 Å². The lowest BCUT2D eigenvalue weighted by molar-refractivity contribution is -0.115. The number of hydrogen-bond donors (Lipinski definition) is 1. The molecule has 0 atom stereocenters. The molecule has 0 spiro atoms. The van der Waals surface area contributed by atoms with Gasteiger partial charge in [-0.2, -0.15) is 4.99 Å². The van der Waals surface area contributed by atoms with Gasteiger partial charge in [-0.25, -0.2) is 0 Å². The number of nitrogens with zero attached hydrogens (tertiary/aromatic N) is 2. The second-order valence-corrected chi connectivity index (χ2v) is 5.41. The normalized spacial score (nSPS) is 17.1. The van der Waals surface area contributed by atoms with Crippen molar-refractivity contribution in [3.8, 4) is 0 Å². The van der Waals surface area contributed by atoms with E-state index in [1.807, 2.05) is 38.1 Å². The van der Waals surface area contributed by atoms with Gasteiger partial charge in [0.1, 0.15) is 0 Å². The number of hydrogen-bond acceptors (Lipinski definition) is 3. The van der Waals surface area contributed by atoms with Crippen molar-refractivity contribution in [2.45, 2.75) is 13.8 Å². The first kappa shape index (κ1) is 14.0. The standard InChI is InChI=1S/C13H15N3OS2/c1-3-14-12(18)15-13-16(11(17)8-19-13)10-6-4-9(2)5-7-10/h4-7H,3,8H2,1-2H3,(H,14,18). The van der Waals surface area contributed by atoms with Crippen molar-refractivity contribution in [3.63, 3.8) is 0 Å². The van der Waals surface area contributed by atoms with Gasteiger partial charge in [-0.05, 0) is 38.2 Å². The summed E-state index contributed by atoms with van der Waals surface area (Å²) >= 11 is 6.51. The number of carbonyl (C=O) groups excluding carboxylic acids is 1. The minimum absolute atomic E-state index is 0.0342. The Hall–Kier alpha value is -1.40. The zero-order chi connectivity index (χ0) is 13.8. The smallest absolute Gasteiger partial charge is 0.243 e. The summed E-state index contributed by atoms with van der Waals surface area (Å²) in [5.41, 5.74) is 1.99. The maximum absolute atomic E-state index is 12.0. The number of nitrogens with one attached hydrogen (secondary N) is 1. The molecule has 4 nitrogen and oxygen atoms in total. The molecule has 0 aliphatic carbocycles. The maximum atomic E-state index is 12.0. The monoisotopic (exact) mass is 293 g/mol. The van der Waals surface area contributed by atoms with E-state index in [1.54, 1.807) is 4.90 Å². The molecule has 1 saturated heterocycles. The number of aliphatic imine (C=N–C) groups is 1. The largest absolute Gasteiger partial charge is 0.361 e. The highest BCUT2D eigenvalue weighted by Gasteiger charge is 2.29. The van der Waals surface area contributed by atoms with Crippen molar-refractivity contribution < 1.29 is 4.79 Å². The van der Waals surface area contributed by atoms with Crippen LogP contribution in [0.1, 0.15) is 12.5 Å². The highest BCUT2D eigenvalue weighted by atomic mass is 32.2. The van der Waals surface area contributed by atoms with Gasteiger partial charge in [0.25, 0.3) is 0 Å². The lowest BCUT2D eigenvalue weighted by atomic mass is 10.2. The molecule has 1 aliphatic heterocycles. The fraction of sp³-hybridized carbons (Fsp3) is 0.308. The van der Waals surface area contributed by atoms with Gasteiger partial charge < -0.3 is 5.32 Å². The molecule has 0 bridgehead atoms. The van der Waals surface area contributed by atoms with E-state index < -0.39 is 0 Å². The average Bonchev–Trinajstić information content (AvgIpc) is 2.72. The van der Waals surface area contributed by atoms with Crippen LogP contribution in [0.3, 0.4) is 0 Å². The lowest BCUT2D eigenvalue weighted by Gasteiger charge is -2.16. The number of thioether (sulfide) groups is 1. The topological polar surface area (TPSA) is 44.7 Å². The Kier molecular flexibility index (Phi) is 4.55. The van der Waals surface area contributed by atoms with Crippen molar-refractivity contribution in [1.82, 2.24) is 5.32 Å². The zero-order valence-electron chi connectivity index (χ0n) is 10.8. The molecule has 1 aromatic rings. The minimum atomic E-state index is 0.0342. The Morgan fingerprint density at radius 3 is 2.79 bits per heavy atom. The van der Waals surface area contributed by atoms with Gasteiger partial charge in [-0.1, -0.05) is 29.5 Å². The fourth-order valence-electron chi connectivity index (χ4n) is 1.67. The molecule has 1 aliphatic rings. The Bertz CT molecular complexity index is 525. The molecule has 0 saturated carbocycles. The summed E-state index contributed by atoms with van der Waals surface area (Å²) in [6, 6.07) is 7.80. The van der Waals surface area contributed by atoms with E-state index in [0.29, 0.717) is 16.0 Å². The molecule has 0 unspecified atom stereocenters. The lowest BCUT2D eigenvalue weighted by Crippen LogP contribution is -2.31. The molecule has 1 aromatic carbocycles. The summed E-state index contributed by atoms with van der Waals surface area (Å²) in [6.07, 6.45) is 0. The third kappa shape index (κ3) is 3.33. The molecular formula is C13H15N3OS2. The van der Waals surface area contributed by atoms with E-state index in [1.165, 1.54) is 11.8 Å². The van der Waals surface area contributed by atoms with Crippen LogP contribution in [-0.2, 0) is 4.79 Å². The molecule has 1 heterocycles. The van der Waals surface area contributed by atoms with Gasteiger partial charge in [0.05, 0.1) is 11.4 Å². The molecular weight excluding hydrogens is 278 g/mol. The predicted octanol–water partition coefficient (Wildman–Crippen LogP) is 2.33. The zero-order valence-corrected chi connectivity index (χ0v) is 12.5. The summed E-state index contributed by atoms with van der Waals surface area (Å²) in [5.74, 6) is 0.438. The van der Waals surface area contributed by atoms with Crippen LogP contribution < -0.4 is 10.2 Å². The van der Waals surface area contributed by atoms with Crippen LogP contribution in [0.4, 0.5) is 5.69 Å². The number of thiocarbonyl (C=S) groups is 1. The summed E-state index contributed by atoms with van der Waals surface area (Å²) in [6.45, 7) is 4.69. The van der Waals surface area contributed by atoms with Gasteiger partial charge in [0, 0.05) is 6.54 Å². The van der Waals surface area contributed by atoms with Crippen molar-refractivity contribution >= 4 is 45.9 Å². The van der Waals surface area contributed by atoms with Gasteiger partial charge in [-0.15, -0.1) is 0 Å². The molecule has 0 aromatic heterocycles. The summed E-state index contributed by atoms with van der Waals surface area (Å²) in [7, 11) is 0. The Morgan fingerprint density at radius 2 is 2.16 bits per heavy atom. The van der Waals surface area contributed by atoms with E-state index in [9.17, 15) is 4.79 Å². The minimum Gasteiger partial charge on any atom is -0.361 e. The van der Waals surface area contributed by atoms with Crippen LogP contribution >= 0.6 is 24.0 Å². The maximum Gasteiger partial charge on any atom is 0.243 e. The SMILES string of the molecule is CCNC(=S)N=C1SCC(=O)N1c1ccc(C)cc1. The molecule has 1 fully saturated rings. The Labute approximate surface area is 122 Å². The van der Waals surface area contributed by atoms with Crippen LogP contribution in [0.5, 0.6) is 0 Å². The van der Waals surface area contributed by atoms with Crippen molar-refractivity contribution in [3.05, 3.63) is 29.8 Å². The summed E-state index contributed by atoms with van der Waals surface area (Å²) in [5, 5.41) is 4.01. The first-order chi connectivity index (χ1) is 9.11. The van der Waals surface area contributed by atoms with Crippen LogP contribution in [0, 0.1) is 6.92 Å². The summed E-state index contributed by atoms with van der Waals surface area (Å²) in [4.78, 5) is 17.9. The fourth-order valence-corrected chi connectivity index (χ4v) is 2.83. The van der Waals surface area contributed by atoms with Gasteiger partial charge in [0.2, 0.25) is 5.91 Å². The van der Waals surface area contributed by atoms with Crippen LogP contribution in [0.2, 0.25) is 0 Å². The number of aryl methyl sites for hydroxylation is 1. The highest BCUT2D eigenvalue weighted by molar-refractivity contribution is 8.15. The predicted molar refractivity (Wildman–Crippen MR) is 84.8 cm³/mol. The van der Waals surface area contributed by atoms with Crippen molar-refractivity contribution in [1.29, 1.82) is 0 Å². The third-order valence-corrected chi connectivity index (χ3v) is 3.74. The number of benzene rings is 1. The van der Waals surface area contributed by atoms with E-state index in [2.05, 4.69) is 10.3 Å². The first-order valence-corrected chi connectivity index (χ1v) is 7.40. The van der Waals surface area contributed by atoms with Gasteiger partial charge in [0.15, 0.2) is 10.3 Å². The Morgan fingerprint density at radius 1 is 1.47 bits per heavy atom. The van der Waals surface area contributed by atoms with Crippen LogP contribution in [-0.4, -0.2) is 28.5 Å². The van der Waals surface area contributed by atoms with E-state index in [4.69, 9.17) is 12.2 Å². The Balaban J connectivity index is 2.27. The second kappa shape index (κ2) is 6.16. The third-order valence-electron chi connectivity index (χ3n) is 2.58. The molecule has 100 valence electrons. The molecule has 1 amide bonds. The first-order valence-electron chi connectivity index (χ1n) is 6.00. The van der Waals surface area contributed by atoms with Gasteiger partial charge >= 0.3 is 0 Å².